The molecule has 2 atom stereocenters. The minimum atomic E-state index is -3.48. The second-order valence-corrected chi connectivity index (χ2v) is 15.9. The molecule has 1 aromatic rings. The van der Waals surface area contributed by atoms with Crippen LogP contribution in [0.3, 0.4) is 0 Å². The monoisotopic (exact) mass is 648 g/mol. The summed E-state index contributed by atoms with van der Waals surface area (Å²) in [5, 5.41) is 5.63. The molecule has 1 spiro atoms. The third-order valence-corrected chi connectivity index (χ3v) is 10.1. The van der Waals surface area contributed by atoms with Crippen molar-refractivity contribution in [1.82, 2.24) is 15.5 Å². The number of nitrogens with zero attached hydrogens (tertiary/aromatic N) is 2. The van der Waals surface area contributed by atoms with Gasteiger partial charge in [-0.15, -0.1) is 0 Å². The Kier molecular flexibility index (Phi) is 8.85. The maximum atomic E-state index is 14.5. The zero-order valence-electron chi connectivity index (χ0n) is 27.4. The van der Waals surface area contributed by atoms with Gasteiger partial charge >= 0.3 is 6.09 Å². The normalized spacial score (nSPS) is 21.0. The molecule has 246 valence electrons. The molecule has 10 nitrogen and oxygen atoms in total. The number of likely N-dealkylation sites (tertiary alicyclic amines) is 1. The molecule has 2 heterocycles. The van der Waals surface area contributed by atoms with Crippen LogP contribution < -0.4 is 14.9 Å². The van der Waals surface area contributed by atoms with E-state index in [-0.39, 0.29) is 11.8 Å². The Bertz CT molecular complexity index is 1670. The summed E-state index contributed by atoms with van der Waals surface area (Å²) in [5.41, 5.74) is 0.825. The highest BCUT2D eigenvalue weighted by Crippen LogP contribution is 2.48. The molecule has 1 fully saturated rings. The van der Waals surface area contributed by atoms with Gasteiger partial charge in [-0.05, 0) is 70.2 Å². The van der Waals surface area contributed by atoms with Gasteiger partial charge in [-0.3, -0.25) is 13.9 Å². The largest absolute Gasteiger partial charge is 0.444 e. The number of piperidine rings is 1. The van der Waals surface area contributed by atoms with Crippen molar-refractivity contribution in [2.45, 2.75) is 70.1 Å². The Morgan fingerprint density at radius 1 is 0.978 bits per heavy atom. The van der Waals surface area contributed by atoms with Crippen LogP contribution in [0.4, 0.5) is 10.5 Å². The average Bonchev–Trinajstić information content (AvgIpc) is 3.14. The van der Waals surface area contributed by atoms with E-state index in [1.165, 1.54) is 10.6 Å². The van der Waals surface area contributed by atoms with Crippen LogP contribution in [0.5, 0.6) is 0 Å². The van der Waals surface area contributed by atoms with Crippen LogP contribution in [0.2, 0.25) is 0 Å². The minimum absolute atomic E-state index is 0.239. The number of hydrogen-bond donors (Lipinski definition) is 2. The summed E-state index contributed by atoms with van der Waals surface area (Å²) in [7, 11) is -3.48. The first-order valence-electron chi connectivity index (χ1n) is 15.6. The van der Waals surface area contributed by atoms with Crippen molar-refractivity contribution in [2.75, 3.05) is 30.2 Å². The third kappa shape index (κ3) is 6.84. The van der Waals surface area contributed by atoms with Crippen molar-refractivity contribution < 1.29 is 27.5 Å². The predicted molar refractivity (Wildman–Crippen MR) is 179 cm³/mol. The maximum absolute atomic E-state index is 14.5. The summed E-state index contributed by atoms with van der Waals surface area (Å²) in [5.74, 6) is -1.03. The van der Waals surface area contributed by atoms with Gasteiger partial charge in [0.1, 0.15) is 17.2 Å². The Morgan fingerprint density at radius 2 is 1.65 bits per heavy atom. The average molecular weight is 649 g/mol. The Morgan fingerprint density at radius 3 is 2.33 bits per heavy atom. The van der Waals surface area contributed by atoms with Gasteiger partial charge in [0.15, 0.2) is 0 Å². The van der Waals surface area contributed by atoms with Crippen molar-refractivity contribution in [3.05, 3.63) is 89.6 Å². The molecule has 3 amide bonds. The zero-order chi connectivity index (χ0) is 33.5. The quantitative estimate of drug-likeness (QED) is 0.475. The van der Waals surface area contributed by atoms with E-state index in [0.717, 1.165) is 11.1 Å². The van der Waals surface area contributed by atoms with Crippen molar-refractivity contribution in [3.63, 3.8) is 0 Å². The molecular weight excluding hydrogens is 604 g/mol. The standard InChI is InChI=1S/C35H44N4O6S/c1-33(2,3)45-32(42)37-34(4,5)31(41)36-29(26-16-10-8-14-24-13-7-9-15-25(24)26)30(40)38-21-19-35(20-22-38)23-39(46(6,43)44)28-18-12-11-17-27(28)35/h7-18,25,29H,19-23H2,1-6H3,(H,36,41)(H,37,42). The zero-order valence-corrected chi connectivity index (χ0v) is 28.2. The smallest absolute Gasteiger partial charge is 0.408 e. The number of rotatable bonds is 6. The molecule has 2 aliphatic carbocycles. The molecule has 46 heavy (non-hydrogen) atoms. The molecule has 11 heteroatoms. The second-order valence-electron chi connectivity index (χ2n) is 14.0. The number of sulfonamides is 1. The molecule has 0 bridgehead atoms. The molecule has 2 unspecified atom stereocenters. The molecule has 1 aromatic carbocycles. The van der Waals surface area contributed by atoms with Crippen LogP contribution in [0.25, 0.3) is 0 Å². The van der Waals surface area contributed by atoms with E-state index in [1.54, 1.807) is 39.5 Å². The van der Waals surface area contributed by atoms with Gasteiger partial charge in [-0.1, -0.05) is 66.8 Å². The summed E-state index contributed by atoms with van der Waals surface area (Å²) >= 11 is 0. The summed E-state index contributed by atoms with van der Waals surface area (Å²) < 4.78 is 32.2. The van der Waals surface area contributed by atoms with Gasteiger partial charge in [0.05, 0.1) is 11.9 Å². The van der Waals surface area contributed by atoms with Crippen molar-refractivity contribution in [2.24, 2.45) is 5.92 Å². The molecule has 2 N–H and O–H groups in total. The highest BCUT2D eigenvalue weighted by atomic mass is 32.2. The number of ether oxygens (including phenoxy) is 1. The van der Waals surface area contributed by atoms with Crippen molar-refractivity contribution in [3.8, 4) is 0 Å². The Hall–Kier alpha value is -4.12. The molecule has 2 aliphatic heterocycles. The fraction of sp³-hybridized carbons (Fsp3) is 0.457. The number of nitrogens with one attached hydrogen (secondary N) is 2. The van der Waals surface area contributed by atoms with Crippen LogP contribution in [-0.4, -0.2) is 74.3 Å². The number of para-hydroxylation sites is 1. The van der Waals surface area contributed by atoms with Crippen LogP contribution in [-0.2, 0) is 29.8 Å². The number of anilines is 1. The summed E-state index contributed by atoms with van der Waals surface area (Å²) in [6, 6.07) is 6.57. The lowest BCUT2D eigenvalue weighted by Gasteiger charge is -2.42. The fourth-order valence-electron chi connectivity index (χ4n) is 6.59. The van der Waals surface area contributed by atoms with Crippen molar-refractivity contribution >= 4 is 33.6 Å². The summed E-state index contributed by atoms with van der Waals surface area (Å²) in [6.45, 7) is 9.47. The first-order valence-corrected chi connectivity index (χ1v) is 17.5. The van der Waals surface area contributed by atoms with Gasteiger partial charge in [-0.2, -0.15) is 0 Å². The molecule has 5 rings (SSSR count). The van der Waals surface area contributed by atoms with Crippen molar-refractivity contribution in [1.29, 1.82) is 0 Å². The lowest BCUT2D eigenvalue weighted by molar-refractivity contribution is -0.138. The van der Waals surface area contributed by atoms with E-state index < -0.39 is 44.6 Å². The summed E-state index contributed by atoms with van der Waals surface area (Å²) in [6.07, 6.45) is 17.1. The van der Waals surface area contributed by atoms with Gasteiger partial charge in [0.2, 0.25) is 21.8 Å². The first-order chi connectivity index (χ1) is 21.5. The maximum Gasteiger partial charge on any atom is 0.408 e. The number of allylic oxidation sites excluding steroid dienone is 9. The fourth-order valence-corrected chi connectivity index (χ4v) is 7.59. The van der Waals surface area contributed by atoms with E-state index in [0.29, 0.717) is 43.7 Å². The number of fused-ring (bicyclic) bond motifs is 3. The van der Waals surface area contributed by atoms with E-state index in [4.69, 9.17) is 4.74 Å². The number of alkyl carbamates (subject to hydrolysis) is 1. The van der Waals surface area contributed by atoms with E-state index >= 15 is 0 Å². The van der Waals surface area contributed by atoms with Crippen LogP contribution >= 0.6 is 0 Å². The molecular formula is C35H44N4O6S. The number of amides is 3. The molecule has 0 radical (unpaired) electrons. The topological polar surface area (TPSA) is 125 Å². The predicted octanol–water partition coefficient (Wildman–Crippen LogP) is 4.28. The molecule has 4 aliphatic rings. The highest BCUT2D eigenvalue weighted by Gasteiger charge is 2.48. The molecule has 1 saturated heterocycles. The van der Waals surface area contributed by atoms with E-state index in [2.05, 4.69) is 10.6 Å². The van der Waals surface area contributed by atoms with E-state index in [9.17, 15) is 22.8 Å². The third-order valence-electron chi connectivity index (χ3n) is 8.97. The first kappa shape index (κ1) is 33.2. The van der Waals surface area contributed by atoms with Crippen LogP contribution in [0, 0.1) is 5.92 Å². The minimum Gasteiger partial charge on any atom is -0.444 e. The van der Waals surface area contributed by atoms with Gasteiger partial charge in [0, 0.05) is 31.0 Å². The highest BCUT2D eigenvalue weighted by molar-refractivity contribution is 7.92. The van der Waals surface area contributed by atoms with Crippen LogP contribution in [0.15, 0.2) is 84.0 Å². The molecule has 0 aromatic heterocycles. The number of hydrogen-bond acceptors (Lipinski definition) is 6. The van der Waals surface area contributed by atoms with Gasteiger partial charge < -0.3 is 20.3 Å². The lowest BCUT2D eigenvalue weighted by atomic mass is 9.74. The Labute approximate surface area is 272 Å². The van der Waals surface area contributed by atoms with Gasteiger partial charge in [-0.25, -0.2) is 13.2 Å². The lowest BCUT2D eigenvalue weighted by Crippen LogP contribution is -2.61. The molecule has 0 saturated carbocycles. The summed E-state index contributed by atoms with van der Waals surface area (Å²) in [4.78, 5) is 42.7. The number of carbonyl (C=O) groups excluding carboxylic acids is 3. The van der Waals surface area contributed by atoms with Crippen LogP contribution in [0.1, 0.15) is 53.0 Å². The van der Waals surface area contributed by atoms with Gasteiger partial charge in [0.25, 0.3) is 0 Å². The Balaban J connectivity index is 1.41. The SMILES string of the molecule is CC(C)(C)OC(=O)NC(C)(C)C(=O)NC(C(=O)N1CCC2(CC1)CN(S(C)(=O)=O)c1ccccc12)C1=CC=CC=C2C=CC=CC21. The van der Waals surface area contributed by atoms with E-state index in [1.807, 2.05) is 72.9 Å². The second kappa shape index (κ2) is 12.2. The number of carbonyl (C=O) groups is 3. The number of benzene rings is 1.